The number of benzene rings is 1. The highest BCUT2D eigenvalue weighted by Crippen LogP contribution is 2.08. The zero-order valence-electron chi connectivity index (χ0n) is 10.00. The molecule has 4 heteroatoms. The molecule has 0 saturated heterocycles. The highest BCUT2D eigenvalue weighted by atomic mass is 16.2. The smallest absolute Gasteiger partial charge is 0.226 e. The largest absolute Gasteiger partial charge is 0.349 e. The number of amides is 1. The first kappa shape index (κ1) is 11.4. The summed E-state index contributed by atoms with van der Waals surface area (Å²) < 4.78 is 1.78. The summed E-state index contributed by atoms with van der Waals surface area (Å²) in [7, 11) is 3.51. The Morgan fingerprint density at radius 2 is 2.00 bits per heavy atom. The Morgan fingerprint density at radius 3 is 2.65 bits per heavy atom. The van der Waals surface area contributed by atoms with Crippen LogP contribution in [0.25, 0.3) is 5.69 Å². The maximum absolute atomic E-state index is 11.5. The molecule has 0 bridgehead atoms. The lowest BCUT2D eigenvalue weighted by molar-refractivity contribution is -0.127. The molecule has 0 aliphatic heterocycles. The van der Waals surface area contributed by atoms with E-state index in [1.165, 1.54) is 0 Å². The Bertz CT molecular complexity index is 502. The molecule has 17 heavy (non-hydrogen) atoms. The minimum Gasteiger partial charge on any atom is -0.349 e. The van der Waals surface area contributed by atoms with E-state index >= 15 is 0 Å². The summed E-state index contributed by atoms with van der Waals surface area (Å²) in [5.74, 6) is 0.0811. The quantitative estimate of drug-likeness (QED) is 0.800. The molecule has 1 heterocycles. The van der Waals surface area contributed by atoms with Gasteiger partial charge < -0.3 is 4.90 Å². The third-order valence-corrected chi connectivity index (χ3v) is 2.51. The van der Waals surface area contributed by atoms with Crippen molar-refractivity contribution in [1.29, 1.82) is 0 Å². The standard InChI is InChI=1S/C13H15N3O/c1-15(2)13(17)8-11-9-14-16(10-11)12-6-4-3-5-7-12/h3-7,9-10H,8H2,1-2H3. The summed E-state index contributed by atoms with van der Waals surface area (Å²) in [5, 5.41) is 4.24. The highest BCUT2D eigenvalue weighted by molar-refractivity contribution is 5.78. The molecule has 0 radical (unpaired) electrons. The molecule has 1 amide bonds. The number of para-hydroxylation sites is 1. The number of rotatable bonds is 3. The predicted molar refractivity (Wildman–Crippen MR) is 66.0 cm³/mol. The topological polar surface area (TPSA) is 38.1 Å². The van der Waals surface area contributed by atoms with Crippen molar-refractivity contribution in [2.24, 2.45) is 0 Å². The molecule has 1 aromatic carbocycles. The molecule has 2 aromatic rings. The number of hydrogen-bond acceptors (Lipinski definition) is 2. The van der Waals surface area contributed by atoms with Crippen LogP contribution in [0, 0.1) is 0 Å². The molecule has 0 atom stereocenters. The molecule has 1 aromatic heterocycles. The average molecular weight is 229 g/mol. The summed E-state index contributed by atoms with van der Waals surface area (Å²) >= 11 is 0. The Kier molecular flexibility index (Phi) is 3.23. The zero-order chi connectivity index (χ0) is 12.3. The molecule has 0 fully saturated rings. The van der Waals surface area contributed by atoms with Crippen LogP contribution in [0.4, 0.5) is 0 Å². The van der Waals surface area contributed by atoms with Crippen molar-refractivity contribution in [3.63, 3.8) is 0 Å². The fourth-order valence-electron chi connectivity index (χ4n) is 1.51. The van der Waals surface area contributed by atoms with Crippen LogP contribution in [0.3, 0.4) is 0 Å². The van der Waals surface area contributed by atoms with Crippen molar-refractivity contribution in [3.05, 3.63) is 48.3 Å². The number of aromatic nitrogens is 2. The Labute approximate surface area is 100 Å². The van der Waals surface area contributed by atoms with Gasteiger partial charge in [-0.15, -0.1) is 0 Å². The van der Waals surface area contributed by atoms with Gasteiger partial charge in [0.25, 0.3) is 0 Å². The second kappa shape index (κ2) is 4.82. The molecule has 0 aliphatic carbocycles. The number of carbonyl (C=O) groups excluding carboxylic acids is 1. The third kappa shape index (κ3) is 2.72. The Hall–Kier alpha value is -2.10. The van der Waals surface area contributed by atoms with E-state index < -0.39 is 0 Å². The fraction of sp³-hybridized carbons (Fsp3) is 0.231. The predicted octanol–water partition coefficient (Wildman–Crippen LogP) is 1.50. The van der Waals surface area contributed by atoms with Gasteiger partial charge in [-0.05, 0) is 17.7 Å². The second-order valence-electron chi connectivity index (χ2n) is 4.09. The fourth-order valence-corrected chi connectivity index (χ4v) is 1.51. The monoisotopic (exact) mass is 229 g/mol. The van der Waals surface area contributed by atoms with Crippen molar-refractivity contribution >= 4 is 5.91 Å². The van der Waals surface area contributed by atoms with Gasteiger partial charge >= 0.3 is 0 Å². The van der Waals surface area contributed by atoms with E-state index in [1.807, 2.05) is 36.5 Å². The van der Waals surface area contributed by atoms with Crippen LogP contribution in [-0.2, 0) is 11.2 Å². The van der Waals surface area contributed by atoms with Gasteiger partial charge in [0.05, 0.1) is 18.3 Å². The lowest BCUT2D eigenvalue weighted by Gasteiger charge is -2.08. The van der Waals surface area contributed by atoms with Crippen LogP contribution in [0.5, 0.6) is 0 Å². The van der Waals surface area contributed by atoms with E-state index in [0.29, 0.717) is 6.42 Å². The van der Waals surface area contributed by atoms with Gasteiger partial charge in [0.1, 0.15) is 0 Å². The minimum absolute atomic E-state index is 0.0811. The van der Waals surface area contributed by atoms with Gasteiger partial charge in [-0.25, -0.2) is 4.68 Å². The second-order valence-corrected chi connectivity index (χ2v) is 4.09. The number of nitrogens with zero attached hydrogens (tertiary/aromatic N) is 3. The summed E-state index contributed by atoms with van der Waals surface area (Å²) in [5.41, 5.74) is 1.92. The molecule has 0 spiro atoms. The molecule has 0 aliphatic rings. The summed E-state index contributed by atoms with van der Waals surface area (Å²) in [4.78, 5) is 13.1. The van der Waals surface area contributed by atoms with Crippen molar-refractivity contribution in [3.8, 4) is 5.69 Å². The molecule has 4 nitrogen and oxygen atoms in total. The number of likely N-dealkylation sites (N-methyl/N-ethyl adjacent to an activating group) is 1. The van der Waals surface area contributed by atoms with Crippen molar-refractivity contribution < 1.29 is 4.79 Å². The van der Waals surface area contributed by atoms with Crippen LogP contribution in [0.15, 0.2) is 42.7 Å². The highest BCUT2D eigenvalue weighted by Gasteiger charge is 2.07. The van der Waals surface area contributed by atoms with E-state index in [2.05, 4.69) is 5.10 Å². The first-order chi connectivity index (χ1) is 8.16. The van der Waals surface area contributed by atoms with E-state index in [1.54, 1.807) is 29.9 Å². The van der Waals surface area contributed by atoms with Crippen molar-refractivity contribution in [2.45, 2.75) is 6.42 Å². The van der Waals surface area contributed by atoms with E-state index in [-0.39, 0.29) is 5.91 Å². The maximum atomic E-state index is 11.5. The van der Waals surface area contributed by atoms with Gasteiger partial charge in [0, 0.05) is 20.3 Å². The maximum Gasteiger partial charge on any atom is 0.226 e. The summed E-state index contributed by atoms with van der Waals surface area (Å²) in [6, 6.07) is 9.84. The summed E-state index contributed by atoms with van der Waals surface area (Å²) in [6.45, 7) is 0. The SMILES string of the molecule is CN(C)C(=O)Cc1cnn(-c2ccccc2)c1. The van der Waals surface area contributed by atoms with E-state index in [4.69, 9.17) is 0 Å². The van der Waals surface area contributed by atoms with Crippen LogP contribution >= 0.6 is 0 Å². The van der Waals surface area contributed by atoms with Gasteiger partial charge in [-0.2, -0.15) is 5.10 Å². The van der Waals surface area contributed by atoms with Gasteiger partial charge in [0.2, 0.25) is 5.91 Å². The molecule has 2 rings (SSSR count). The molecule has 0 saturated carbocycles. The molecular formula is C13H15N3O. The minimum atomic E-state index is 0.0811. The third-order valence-electron chi connectivity index (χ3n) is 2.51. The van der Waals surface area contributed by atoms with Crippen molar-refractivity contribution in [1.82, 2.24) is 14.7 Å². The Balaban J connectivity index is 2.14. The zero-order valence-corrected chi connectivity index (χ0v) is 10.00. The van der Waals surface area contributed by atoms with Crippen LogP contribution in [0.2, 0.25) is 0 Å². The van der Waals surface area contributed by atoms with Crippen LogP contribution in [-0.4, -0.2) is 34.7 Å². The molecule has 0 N–H and O–H groups in total. The van der Waals surface area contributed by atoms with E-state index in [0.717, 1.165) is 11.3 Å². The lowest BCUT2D eigenvalue weighted by atomic mass is 10.2. The van der Waals surface area contributed by atoms with Crippen LogP contribution < -0.4 is 0 Å². The molecular weight excluding hydrogens is 214 g/mol. The van der Waals surface area contributed by atoms with Crippen molar-refractivity contribution in [2.75, 3.05) is 14.1 Å². The average Bonchev–Trinajstić information content (AvgIpc) is 2.78. The van der Waals surface area contributed by atoms with Gasteiger partial charge in [0.15, 0.2) is 0 Å². The first-order valence-corrected chi connectivity index (χ1v) is 5.46. The molecule has 88 valence electrons. The first-order valence-electron chi connectivity index (χ1n) is 5.46. The normalized spacial score (nSPS) is 10.2. The number of carbonyl (C=O) groups is 1. The lowest BCUT2D eigenvalue weighted by Crippen LogP contribution is -2.23. The molecule has 0 unspecified atom stereocenters. The van der Waals surface area contributed by atoms with Gasteiger partial charge in [-0.1, -0.05) is 18.2 Å². The summed E-state index contributed by atoms with van der Waals surface area (Å²) in [6.07, 6.45) is 4.00. The van der Waals surface area contributed by atoms with E-state index in [9.17, 15) is 4.79 Å². The number of hydrogen-bond donors (Lipinski definition) is 0. The van der Waals surface area contributed by atoms with Crippen LogP contribution in [0.1, 0.15) is 5.56 Å². The van der Waals surface area contributed by atoms with Gasteiger partial charge in [-0.3, -0.25) is 4.79 Å². The Morgan fingerprint density at radius 1 is 1.29 bits per heavy atom.